The molecule has 108 valence electrons. The van der Waals surface area contributed by atoms with Gasteiger partial charge in [-0.05, 0) is 55.3 Å². The van der Waals surface area contributed by atoms with Gasteiger partial charge >= 0.3 is 0 Å². The van der Waals surface area contributed by atoms with Crippen LogP contribution >= 0.6 is 0 Å². The highest BCUT2D eigenvalue weighted by molar-refractivity contribution is 5.83. The summed E-state index contributed by atoms with van der Waals surface area (Å²) in [5.41, 5.74) is 0.746. The highest BCUT2D eigenvalue weighted by atomic mass is 16.5. The topological polar surface area (TPSA) is 38.3 Å². The third-order valence-electron chi connectivity index (χ3n) is 5.70. The maximum atomic E-state index is 12.7. The second kappa shape index (κ2) is 4.21. The molecule has 4 saturated carbocycles. The summed E-state index contributed by atoms with van der Waals surface area (Å²) in [7, 11) is 1.68. The van der Waals surface area contributed by atoms with Gasteiger partial charge in [0.2, 0.25) is 5.91 Å². The van der Waals surface area contributed by atoms with Crippen molar-refractivity contribution in [3.63, 3.8) is 0 Å². The Hall–Kier alpha value is -0.570. The van der Waals surface area contributed by atoms with Crippen LogP contribution in [0.1, 0.15) is 52.4 Å². The first-order valence-corrected chi connectivity index (χ1v) is 7.66. The Morgan fingerprint density at radius 3 is 2.32 bits per heavy atom. The largest absolute Gasteiger partial charge is 0.383 e. The number of hydrogen-bond acceptors (Lipinski definition) is 2. The van der Waals surface area contributed by atoms with Crippen LogP contribution in [0.4, 0.5) is 0 Å². The number of nitrogens with one attached hydrogen (secondary N) is 1. The highest BCUT2D eigenvalue weighted by Gasteiger charge is 2.62. The van der Waals surface area contributed by atoms with Gasteiger partial charge < -0.3 is 10.1 Å². The van der Waals surface area contributed by atoms with Crippen LogP contribution < -0.4 is 5.32 Å². The van der Waals surface area contributed by atoms with Crippen LogP contribution in [0.2, 0.25) is 0 Å². The Bertz CT molecular complexity index is 374. The molecule has 3 nitrogen and oxygen atoms in total. The number of hydrogen-bond donors (Lipinski definition) is 1. The number of carbonyl (C=O) groups excluding carboxylic acids is 1. The van der Waals surface area contributed by atoms with Gasteiger partial charge in [-0.1, -0.05) is 13.8 Å². The number of ether oxygens (including phenoxy) is 1. The van der Waals surface area contributed by atoms with Crippen molar-refractivity contribution >= 4 is 5.91 Å². The lowest BCUT2D eigenvalue weighted by atomic mass is 9.40. The van der Waals surface area contributed by atoms with Crippen molar-refractivity contribution in [1.29, 1.82) is 0 Å². The van der Waals surface area contributed by atoms with Crippen molar-refractivity contribution in [3.05, 3.63) is 0 Å². The Morgan fingerprint density at radius 1 is 1.16 bits per heavy atom. The number of carbonyl (C=O) groups is 1. The molecule has 4 bridgehead atoms. The summed E-state index contributed by atoms with van der Waals surface area (Å²) < 4.78 is 5.04. The second-order valence-corrected chi connectivity index (χ2v) is 8.16. The fourth-order valence-corrected chi connectivity index (χ4v) is 6.16. The highest BCUT2D eigenvalue weighted by Crippen LogP contribution is 2.69. The molecule has 19 heavy (non-hydrogen) atoms. The van der Waals surface area contributed by atoms with Gasteiger partial charge in [0.05, 0.1) is 12.0 Å². The minimum absolute atomic E-state index is 0.0728. The molecule has 0 radical (unpaired) electrons. The molecule has 4 fully saturated rings. The van der Waals surface area contributed by atoms with E-state index in [0.717, 1.165) is 25.2 Å². The molecule has 1 amide bonds. The Balaban J connectivity index is 1.78. The fourth-order valence-electron chi connectivity index (χ4n) is 6.16. The molecule has 0 spiro atoms. The molecule has 0 aromatic rings. The van der Waals surface area contributed by atoms with E-state index in [2.05, 4.69) is 19.2 Å². The van der Waals surface area contributed by atoms with Crippen molar-refractivity contribution in [2.45, 2.75) is 52.4 Å². The normalized spacial score (nSPS) is 47.4. The van der Waals surface area contributed by atoms with Crippen LogP contribution in [0.5, 0.6) is 0 Å². The maximum Gasteiger partial charge on any atom is 0.226 e. The molecule has 0 saturated heterocycles. The van der Waals surface area contributed by atoms with E-state index < -0.39 is 0 Å². The standard InChI is InChI=1S/C16H27NO2/c1-14-6-12-7-15(2,9-14)11-16(8-12,10-14)13(18)17-4-5-19-3/h12H,4-11H2,1-3H3,(H,17,18). The molecule has 4 aliphatic carbocycles. The molecule has 0 aliphatic heterocycles. The van der Waals surface area contributed by atoms with Crippen LogP contribution in [-0.2, 0) is 9.53 Å². The third-order valence-corrected chi connectivity index (χ3v) is 5.70. The quantitative estimate of drug-likeness (QED) is 0.794. The monoisotopic (exact) mass is 265 g/mol. The zero-order valence-electron chi connectivity index (χ0n) is 12.6. The molecule has 2 unspecified atom stereocenters. The smallest absolute Gasteiger partial charge is 0.226 e. The second-order valence-electron chi connectivity index (χ2n) is 8.16. The predicted octanol–water partition coefficient (Wildman–Crippen LogP) is 2.75. The summed E-state index contributed by atoms with van der Waals surface area (Å²) in [6.45, 7) is 6.08. The van der Waals surface area contributed by atoms with Gasteiger partial charge in [0.1, 0.15) is 0 Å². The van der Waals surface area contributed by atoms with E-state index >= 15 is 0 Å². The lowest BCUT2D eigenvalue weighted by molar-refractivity contribution is -0.170. The summed E-state index contributed by atoms with van der Waals surface area (Å²) in [5.74, 6) is 1.07. The van der Waals surface area contributed by atoms with E-state index in [4.69, 9.17) is 4.74 Å². The summed E-state index contributed by atoms with van der Waals surface area (Å²) in [5, 5.41) is 3.11. The zero-order valence-corrected chi connectivity index (χ0v) is 12.6. The molecule has 4 rings (SSSR count). The fraction of sp³-hybridized carbons (Fsp3) is 0.938. The summed E-state index contributed by atoms with van der Waals surface area (Å²) in [6, 6.07) is 0. The molecule has 3 heteroatoms. The van der Waals surface area contributed by atoms with Gasteiger partial charge in [-0.15, -0.1) is 0 Å². The minimum Gasteiger partial charge on any atom is -0.383 e. The van der Waals surface area contributed by atoms with Crippen molar-refractivity contribution in [1.82, 2.24) is 5.32 Å². The SMILES string of the molecule is COCCNC(=O)C12CC3CC(C)(CC(C)(C3)C1)C2. The Kier molecular flexibility index (Phi) is 2.97. The molecule has 0 aromatic carbocycles. The number of methoxy groups -OCH3 is 1. The lowest BCUT2D eigenvalue weighted by Crippen LogP contribution is -2.60. The Labute approximate surface area is 116 Å². The van der Waals surface area contributed by atoms with E-state index in [1.165, 1.54) is 19.3 Å². The molecule has 0 aromatic heterocycles. The summed E-state index contributed by atoms with van der Waals surface area (Å²) >= 11 is 0. The molecular weight excluding hydrogens is 238 g/mol. The van der Waals surface area contributed by atoms with Gasteiger partial charge in [-0.3, -0.25) is 4.79 Å². The van der Waals surface area contributed by atoms with Gasteiger partial charge in [0.15, 0.2) is 0 Å². The molecule has 2 atom stereocenters. The van der Waals surface area contributed by atoms with E-state index in [0.29, 0.717) is 29.9 Å². The minimum atomic E-state index is -0.0728. The van der Waals surface area contributed by atoms with Gasteiger partial charge in [-0.2, -0.15) is 0 Å². The van der Waals surface area contributed by atoms with Crippen LogP contribution in [0.25, 0.3) is 0 Å². The zero-order chi connectivity index (χ0) is 13.7. The Morgan fingerprint density at radius 2 is 1.79 bits per heavy atom. The molecule has 0 heterocycles. The van der Waals surface area contributed by atoms with Crippen molar-refractivity contribution in [3.8, 4) is 0 Å². The van der Waals surface area contributed by atoms with Crippen LogP contribution in [0, 0.1) is 22.2 Å². The van der Waals surface area contributed by atoms with Crippen LogP contribution in [-0.4, -0.2) is 26.2 Å². The first-order valence-electron chi connectivity index (χ1n) is 7.66. The van der Waals surface area contributed by atoms with Gasteiger partial charge in [-0.25, -0.2) is 0 Å². The van der Waals surface area contributed by atoms with Crippen molar-refractivity contribution in [2.75, 3.05) is 20.3 Å². The first kappa shape index (κ1) is 13.4. The molecule has 4 aliphatic rings. The lowest BCUT2D eigenvalue weighted by Gasteiger charge is -2.64. The van der Waals surface area contributed by atoms with E-state index in [1.807, 2.05) is 0 Å². The van der Waals surface area contributed by atoms with Crippen molar-refractivity contribution < 1.29 is 9.53 Å². The average Bonchev–Trinajstić information content (AvgIpc) is 2.24. The van der Waals surface area contributed by atoms with Crippen LogP contribution in [0.15, 0.2) is 0 Å². The third kappa shape index (κ3) is 2.20. The number of rotatable bonds is 4. The molecule has 1 N–H and O–H groups in total. The van der Waals surface area contributed by atoms with E-state index in [9.17, 15) is 4.79 Å². The average molecular weight is 265 g/mol. The predicted molar refractivity (Wildman–Crippen MR) is 74.7 cm³/mol. The summed E-state index contributed by atoms with van der Waals surface area (Å²) in [4.78, 5) is 12.7. The van der Waals surface area contributed by atoms with Gasteiger partial charge in [0, 0.05) is 13.7 Å². The summed E-state index contributed by atoms with van der Waals surface area (Å²) in [6.07, 6.45) is 7.34. The van der Waals surface area contributed by atoms with Gasteiger partial charge in [0.25, 0.3) is 0 Å². The van der Waals surface area contributed by atoms with Crippen LogP contribution in [0.3, 0.4) is 0 Å². The van der Waals surface area contributed by atoms with Crippen molar-refractivity contribution in [2.24, 2.45) is 22.2 Å². The number of amides is 1. The van der Waals surface area contributed by atoms with E-state index in [-0.39, 0.29) is 5.41 Å². The maximum absolute atomic E-state index is 12.7. The molecular formula is C16H27NO2. The first-order chi connectivity index (χ1) is 8.89. The van der Waals surface area contributed by atoms with E-state index in [1.54, 1.807) is 7.11 Å².